The van der Waals surface area contributed by atoms with E-state index < -0.39 is 43.7 Å². The molecule has 42 heteroatoms. The summed E-state index contributed by atoms with van der Waals surface area (Å²) in [6.07, 6.45) is 15.2. The van der Waals surface area contributed by atoms with Gasteiger partial charge in [0.2, 0.25) is 17.8 Å². The number of piperidine rings is 1. The zero-order valence-electron chi connectivity index (χ0n) is 88.5. The Labute approximate surface area is 898 Å². The molecule has 4 aliphatic heterocycles. The van der Waals surface area contributed by atoms with Gasteiger partial charge < -0.3 is 104 Å². The summed E-state index contributed by atoms with van der Waals surface area (Å²) in [6.45, 7) is 34.3. The number of piperazine rings is 2. The number of H-pyrrole nitrogens is 1. The lowest BCUT2D eigenvalue weighted by atomic mass is 10.0. The number of nitrogens with zero attached hydrogens (tertiary/aromatic N) is 15. The number of halogens is 3. The summed E-state index contributed by atoms with van der Waals surface area (Å²) in [4.78, 5) is 52.2. The molecule has 796 valence electrons. The average Bonchev–Trinajstić information content (AvgIpc) is 1.63. The Morgan fingerprint density at radius 3 is 1.37 bits per heavy atom. The number of allylic oxidation sites excluding steroid dienone is 1. The van der Waals surface area contributed by atoms with Gasteiger partial charge in [0.15, 0.2) is 21.5 Å². The van der Waals surface area contributed by atoms with Crippen LogP contribution in [0.25, 0.3) is 17.1 Å². The normalized spacial score (nSPS) is 14.9. The van der Waals surface area contributed by atoms with Crippen LogP contribution in [0.1, 0.15) is 76.0 Å². The molecule has 5 aromatic heterocycles. The van der Waals surface area contributed by atoms with Crippen LogP contribution in [0.2, 0.25) is 10.0 Å². The number of para-hydroxylation sites is 3. The minimum atomic E-state index is -3.54. The molecule has 0 bridgehead atoms. The van der Waals surface area contributed by atoms with Crippen molar-refractivity contribution in [2.45, 2.75) is 88.4 Å². The lowest BCUT2D eigenvalue weighted by molar-refractivity contribution is -0.00758. The number of hydrazine groups is 1. The first-order valence-corrected chi connectivity index (χ1v) is 63.4. The van der Waals surface area contributed by atoms with Gasteiger partial charge in [0, 0.05) is 182 Å². The Kier molecular flexibility index (Phi) is 36.9. The maximum atomic E-state index is 13.0. The van der Waals surface area contributed by atoms with Crippen molar-refractivity contribution in [3.63, 3.8) is 0 Å². The number of sulfone groups is 1. The quantitative estimate of drug-likeness (QED) is 0.0177. The molecule has 150 heavy (non-hydrogen) atoms. The summed E-state index contributed by atoms with van der Waals surface area (Å²) in [6, 6.07) is 52.6. The number of ether oxygens (including phenoxy) is 5. The van der Waals surface area contributed by atoms with E-state index in [2.05, 4.69) is 199 Å². The second-order valence-electron chi connectivity index (χ2n) is 39.5. The van der Waals surface area contributed by atoms with Crippen LogP contribution in [0, 0.1) is 0 Å². The zero-order chi connectivity index (χ0) is 107. The largest absolute Gasteiger partial charge is 0.496 e. The molecule has 0 radical (unpaired) electrons. The van der Waals surface area contributed by atoms with Gasteiger partial charge in [-0.1, -0.05) is 77.8 Å². The molecule has 0 saturated carbocycles. The van der Waals surface area contributed by atoms with Gasteiger partial charge >= 0.3 is 0 Å². The fourth-order valence-corrected chi connectivity index (χ4v) is 24.4. The smallest absolute Gasteiger partial charge is 0.231 e. The predicted molar refractivity (Wildman–Crippen MR) is 622 cm³/mol. The molecule has 5 aliphatic rings. The minimum absolute atomic E-state index is 0.189. The lowest BCUT2D eigenvalue weighted by Crippen LogP contribution is -2.53. The molecule has 13 aromatic rings. The van der Waals surface area contributed by atoms with Crippen LogP contribution in [0.5, 0.6) is 28.7 Å². The number of benzene rings is 8. The van der Waals surface area contributed by atoms with E-state index in [0.29, 0.717) is 120 Å². The molecule has 18 rings (SSSR count). The molecule has 8 aromatic carbocycles. The van der Waals surface area contributed by atoms with Crippen molar-refractivity contribution < 1.29 is 50.4 Å². The number of rotatable bonds is 33. The van der Waals surface area contributed by atoms with E-state index in [0.717, 1.165) is 168 Å². The topological polar surface area (TPSA) is 374 Å². The van der Waals surface area contributed by atoms with Crippen molar-refractivity contribution >= 4 is 214 Å². The molecule has 0 atom stereocenters. The van der Waals surface area contributed by atoms with Crippen molar-refractivity contribution in [1.29, 1.82) is 0 Å². The highest BCUT2D eigenvalue weighted by Gasteiger charge is 2.32. The van der Waals surface area contributed by atoms with Crippen molar-refractivity contribution in [3.8, 4) is 28.7 Å². The molecule has 0 amide bonds. The number of aromatic nitrogens is 9. The maximum absolute atomic E-state index is 13.0. The first-order valence-electron chi connectivity index (χ1n) is 49.9. The maximum Gasteiger partial charge on any atom is 0.231 e. The first kappa shape index (κ1) is 112. The van der Waals surface area contributed by atoms with Crippen LogP contribution >= 0.6 is 67.7 Å². The number of hydrogen-bond donors (Lipinski definition) is 8. The Morgan fingerprint density at radius 2 is 0.880 bits per heavy atom. The summed E-state index contributed by atoms with van der Waals surface area (Å²) >= 11 is 16.3. The molecule has 0 unspecified atom stereocenters. The van der Waals surface area contributed by atoms with Gasteiger partial charge in [-0.3, -0.25) is 4.90 Å². The highest BCUT2D eigenvalue weighted by Crippen LogP contribution is 2.46. The second-order valence-corrected chi connectivity index (χ2v) is 56.5. The van der Waals surface area contributed by atoms with Crippen molar-refractivity contribution in [2.24, 2.45) is 0 Å². The van der Waals surface area contributed by atoms with Gasteiger partial charge in [-0.2, -0.15) is 19.9 Å². The fourth-order valence-electron chi connectivity index (χ4n) is 18.4. The molecular weight excluding hydrogens is 2100 g/mol. The van der Waals surface area contributed by atoms with Crippen LogP contribution in [-0.4, -0.2) is 272 Å². The first-order chi connectivity index (χ1) is 71.5. The molecule has 1 aliphatic carbocycles. The van der Waals surface area contributed by atoms with E-state index >= 15 is 0 Å². The number of fused-ring (bicyclic) bond motifs is 2. The molecular formula is C108H136BrCl2N23O11P4S. The monoisotopic (exact) mass is 2240 g/mol. The molecule has 8 N–H and O–H groups in total. The van der Waals surface area contributed by atoms with E-state index in [4.69, 9.17) is 56.9 Å². The van der Waals surface area contributed by atoms with E-state index in [1.165, 1.54) is 51.1 Å². The number of nitrogens with one attached hydrogen (secondary N) is 8. The van der Waals surface area contributed by atoms with Crippen molar-refractivity contribution in [1.82, 2.24) is 64.7 Å². The third-order valence-corrected chi connectivity index (χ3v) is 36.4. The fraction of sp³-hybridized carbons (Fsp3) is 0.370. The highest BCUT2D eigenvalue weighted by atomic mass is 79.9. The number of aromatic amines is 1. The van der Waals surface area contributed by atoms with Crippen LogP contribution in [0.4, 0.5) is 98.0 Å². The standard InChI is InChI=1S/C30H38N5O2P.C28H37ClN7O3P.C26H34ClN6O2P.C24H27BrN5O4PS/c1-21(2)34-15-17-35(18-16-34)23-14-13-22(27(20-23)37-3)19-29-31-25-11-8-9-24(25)30(33-29)32-26-10-6-7-12-28(26)38(4,5)36;1-38-25-17-20(34-13-15-36(16-14-34)35-11-5-6-12-35)7-9-24(25)32-28-30-19-22(29)27(33-28)31-23-10-8-21(40(3,4)37)18-26(23)39-2;1-32(2)18-12-14-33(15-13-18)19-10-11-21(23(16-19)35-3)30-26-28-17-20(27)25(31-26)29-22-8-6-7-9-24(22)36(4,5)34;1-14(2)36(32,33)20-9-7-6-8-18(20)27-23-21-16(25)13-26-22(21)29-24(30-23)28-17-11-10-15(35(4,5)31)12-19(17)34-3/h6-10,12-14,20-21H,11,15-19H2,1-5H3,(H,31,32,33);7-10,17-19H,5-6,11-16H2,1-4H3,(H2,30,31,32,33);6-11,16-18H,12-15H2,1-5H3,(H2,28,29,30,31);6-14H,1-5H3,(H3,26,27,28,29,30). The summed E-state index contributed by atoms with van der Waals surface area (Å²) in [7, 11) is -0.969. The SMILES string of the molecule is COc1cc(N2CCC(N(C)C)CC2)ccc1Nc1ncc(Cl)c(Nc2ccccc2P(C)(C)=O)n1.COc1cc(N2CCN(C(C)C)CC2)ccc1Cc1nc2c(c(Nc3ccccc3P(C)(C)=O)n1)C=CC2.COc1cc(N2CCN(N3CCCC3)CC2)ccc1Nc1ncc(Cl)c(Nc2ccc(P(C)(C)=O)cc2OC)n1.COc1cc(P(C)(C)=O)ccc1Nc1nc(Nc2ccccc2S(=O)(=O)C(C)C)c2c(Br)c[nH]c2n1. The van der Waals surface area contributed by atoms with Gasteiger partial charge in [0.25, 0.3) is 0 Å². The Morgan fingerprint density at radius 1 is 0.453 bits per heavy atom. The molecule has 0 spiro atoms. The number of methoxy groups -OCH3 is 5. The van der Waals surface area contributed by atoms with Crippen molar-refractivity contribution in [2.75, 3.05) is 233 Å². The Hall–Kier alpha value is -11.9. The summed E-state index contributed by atoms with van der Waals surface area (Å²) in [5, 5.41) is 31.6. The summed E-state index contributed by atoms with van der Waals surface area (Å²) in [5.41, 5.74) is 11.7. The molecule has 34 nitrogen and oxygen atoms in total. The molecule has 4 fully saturated rings. The molecule has 4 saturated heterocycles. The van der Waals surface area contributed by atoms with Crippen LogP contribution in [0.3, 0.4) is 0 Å². The summed E-state index contributed by atoms with van der Waals surface area (Å²) < 4.78 is 106. The predicted octanol–water partition coefficient (Wildman–Crippen LogP) is 21.2. The zero-order valence-corrected chi connectivity index (χ0v) is 96.0. The second kappa shape index (κ2) is 49.3. The van der Waals surface area contributed by atoms with Crippen LogP contribution < -0.4 is 96.8 Å². The lowest BCUT2D eigenvalue weighted by Gasteiger charge is -2.40. The highest BCUT2D eigenvalue weighted by molar-refractivity contribution is 9.10. The van der Waals surface area contributed by atoms with E-state index in [-0.39, 0.29) is 10.8 Å². The van der Waals surface area contributed by atoms with Gasteiger partial charge in [-0.15, -0.1) is 0 Å². The number of hydrogen-bond acceptors (Lipinski definition) is 33. The van der Waals surface area contributed by atoms with Gasteiger partial charge in [-0.25, -0.2) is 38.4 Å². The van der Waals surface area contributed by atoms with Gasteiger partial charge in [0.05, 0.1) is 109 Å². The summed E-state index contributed by atoms with van der Waals surface area (Å²) in [5.74, 6) is 7.02. The van der Waals surface area contributed by atoms with E-state index in [1.54, 1.807) is 150 Å². The molecule has 9 heterocycles. The van der Waals surface area contributed by atoms with Gasteiger partial charge in [-0.05, 0) is 240 Å². The Bertz CT molecular complexity index is 7350. The Balaban J connectivity index is 0.000000150. The van der Waals surface area contributed by atoms with Crippen LogP contribution in [0.15, 0.2) is 198 Å². The van der Waals surface area contributed by atoms with E-state index in [9.17, 15) is 26.7 Å². The van der Waals surface area contributed by atoms with Gasteiger partial charge in [0.1, 0.15) is 90.5 Å². The number of anilines is 17. The third kappa shape index (κ3) is 28.0. The van der Waals surface area contributed by atoms with Crippen molar-refractivity contribution in [3.05, 3.63) is 226 Å². The third-order valence-electron chi connectivity index (χ3n) is 26.8. The minimum Gasteiger partial charge on any atom is -0.496 e. The van der Waals surface area contributed by atoms with Crippen LogP contribution in [-0.2, 0) is 40.9 Å². The van der Waals surface area contributed by atoms with E-state index in [1.807, 2.05) is 78.9 Å². The average molecular weight is 2240 g/mol.